The third kappa shape index (κ3) is 4.46. The van der Waals surface area contributed by atoms with Gasteiger partial charge in [0.2, 0.25) is 15.9 Å². The van der Waals surface area contributed by atoms with Crippen LogP contribution in [0.4, 0.5) is 0 Å². The Morgan fingerprint density at radius 2 is 1.71 bits per heavy atom. The summed E-state index contributed by atoms with van der Waals surface area (Å²) in [6, 6.07) is 13.7. The van der Waals surface area contributed by atoms with Gasteiger partial charge in [-0.2, -0.15) is 4.31 Å². The number of sulfonamides is 1. The number of fused-ring (bicyclic) bond motifs is 1. The van der Waals surface area contributed by atoms with Gasteiger partial charge in [-0.05, 0) is 28.1 Å². The molecule has 3 aromatic rings. The number of hydrogen-bond donors (Lipinski definition) is 0. The Bertz CT molecular complexity index is 1240. The molecular formula is C22H24N6O5S. The van der Waals surface area contributed by atoms with Gasteiger partial charge in [0.1, 0.15) is 25.6 Å². The molecule has 1 atom stereocenters. The van der Waals surface area contributed by atoms with Gasteiger partial charge in [-0.25, -0.2) is 13.1 Å². The molecule has 12 heteroatoms. The second-order valence-electron chi connectivity index (χ2n) is 8.03. The molecule has 3 heterocycles. The lowest BCUT2D eigenvalue weighted by Gasteiger charge is -2.35. The largest absolute Gasteiger partial charge is 0.486 e. The lowest BCUT2D eigenvalue weighted by molar-refractivity contribution is -0.136. The van der Waals surface area contributed by atoms with Gasteiger partial charge in [0, 0.05) is 38.7 Å². The number of nitrogens with zero attached hydrogens (tertiary/aromatic N) is 6. The van der Waals surface area contributed by atoms with E-state index in [9.17, 15) is 13.2 Å². The molecular weight excluding hydrogens is 460 g/mol. The number of amides is 1. The lowest BCUT2D eigenvalue weighted by Crippen LogP contribution is -2.52. The number of piperazine rings is 1. The van der Waals surface area contributed by atoms with E-state index in [1.807, 2.05) is 30.3 Å². The summed E-state index contributed by atoms with van der Waals surface area (Å²) in [5.74, 6) is 0.812. The Labute approximate surface area is 196 Å². The number of benzene rings is 2. The van der Waals surface area contributed by atoms with E-state index >= 15 is 0 Å². The van der Waals surface area contributed by atoms with E-state index in [1.54, 1.807) is 11.0 Å². The highest BCUT2D eigenvalue weighted by atomic mass is 32.2. The van der Waals surface area contributed by atoms with Crippen molar-refractivity contribution in [3.05, 3.63) is 60.4 Å². The molecule has 0 saturated carbocycles. The molecule has 34 heavy (non-hydrogen) atoms. The van der Waals surface area contributed by atoms with Crippen molar-refractivity contribution in [3.63, 3.8) is 0 Å². The number of hydrogen-bond acceptors (Lipinski definition) is 8. The standard InChI is InChI=1S/C22H24N6O5S/c29-22(19(28-16-23-24-25-28)14-17-4-2-1-3-5-17)26-8-10-27(11-9-26)34(30,31)18-6-7-20-21(15-18)33-13-12-32-20/h1-7,15-16,19H,8-14H2/t19-/m1/s1. The highest BCUT2D eigenvalue weighted by Gasteiger charge is 2.34. The summed E-state index contributed by atoms with van der Waals surface area (Å²) in [7, 11) is -3.73. The zero-order chi connectivity index (χ0) is 23.5. The second-order valence-corrected chi connectivity index (χ2v) is 9.97. The van der Waals surface area contributed by atoms with Crippen molar-refractivity contribution in [3.8, 4) is 11.5 Å². The van der Waals surface area contributed by atoms with Crippen LogP contribution in [0.25, 0.3) is 0 Å². The van der Waals surface area contributed by atoms with E-state index in [2.05, 4.69) is 15.5 Å². The minimum absolute atomic E-state index is 0.146. The quantitative estimate of drug-likeness (QED) is 0.503. The van der Waals surface area contributed by atoms with E-state index < -0.39 is 16.1 Å². The van der Waals surface area contributed by atoms with Gasteiger partial charge in [-0.15, -0.1) is 5.10 Å². The zero-order valence-electron chi connectivity index (χ0n) is 18.4. The summed E-state index contributed by atoms with van der Waals surface area (Å²) < 4.78 is 40.3. The fourth-order valence-electron chi connectivity index (χ4n) is 4.14. The van der Waals surface area contributed by atoms with E-state index in [0.717, 1.165) is 5.56 Å². The van der Waals surface area contributed by atoms with Crippen LogP contribution in [0.3, 0.4) is 0 Å². The van der Waals surface area contributed by atoms with E-state index in [-0.39, 0.29) is 37.0 Å². The van der Waals surface area contributed by atoms with Gasteiger partial charge >= 0.3 is 0 Å². The Kier molecular flexibility index (Phi) is 6.16. The van der Waals surface area contributed by atoms with Crippen molar-refractivity contribution in [2.75, 3.05) is 39.4 Å². The van der Waals surface area contributed by atoms with Gasteiger partial charge in [0.25, 0.3) is 0 Å². The summed E-state index contributed by atoms with van der Waals surface area (Å²) in [6.45, 7) is 1.74. The summed E-state index contributed by atoms with van der Waals surface area (Å²) in [6.07, 6.45) is 1.86. The fraction of sp³-hybridized carbons (Fsp3) is 0.364. The van der Waals surface area contributed by atoms with Crippen LogP contribution in [-0.2, 0) is 21.2 Å². The third-order valence-electron chi connectivity index (χ3n) is 5.94. The first kappa shape index (κ1) is 22.3. The summed E-state index contributed by atoms with van der Waals surface area (Å²) in [4.78, 5) is 15.2. The highest BCUT2D eigenvalue weighted by molar-refractivity contribution is 7.89. The van der Waals surface area contributed by atoms with Crippen LogP contribution in [0.2, 0.25) is 0 Å². The van der Waals surface area contributed by atoms with Crippen LogP contribution < -0.4 is 9.47 Å². The Morgan fingerprint density at radius 1 is 0.971 bits per heavy atom. The van der Waals surface area contributed by atoms with Crippen molar-refractivity contribution < 1.29 is 22.7 Å². The van der Waals surface area contributed by atoms with Crippen LogP contribution in [-0.4, -0.2) is 83.1 Å². The van der Waals surface area contributed by atoms with Crippen molar-refractivity contribution in [2.24, 2.45) is 0 Å². The molecule has 2 aliphatic rings. The van der Waals surface area contributed by atoms with Crippen LogP contribution in [0, 0.1) is 0 Å². The van der Waals surface area contributed by atoms with Crippen LogP contribution in [0.1, 0.15) is 11.6 Å². The first-order valence-corrected chi connectivity index (χ1v) is 12.4. The summed E-state index contributed by atoms with van der Waals surface area (Å²) in [5, 5.41) is 11.3. The zero-order valence-corrected chi connectivity index (χ0v) is 19.2. The topological polar surface area (TPSA) is 120 Å². The average molecular weight is 485 g/mol. The molecule has 0 bridgehead atoms. The van der Waals surface area contributed by atoms with Gasteiger partial charge in [0.15, 0.2) is 11.5 Å². The third-order valence-corrected chi connectivity index (χ3v) is 7.84. The van der Waals surface area contributed by atoms with Crippen molar-refractivity contribution >= 4 is 15.9 Å². The van der Waals surface area contributed by atoms with Crippen LogP contribution in [0.15, 0.2) is 59.8 Å². The van der Waals surface area contributed by atoms with E-state index in [4.69, 9.17) is 9.47 Å². The Morgan fingerprint density at radius 3 is 2.41 bits per heavy atom. The van der Waals surface area contributed by atoms with Crippen molar-refractivity contribution in [2.45, 2.75) is 17.4 Å². The molecule has 1 aromatic heterocycles. The normalized spacial score (nSPS) is 17.4. The first-order chi connectivity index (χ1) is 16.5. The molecule has 2 aliphatic heterocycles. The summed E-state index contributed by atoms with van der Waals surface area (Å²) >= 11 is 0. The van der Waals surface area contributed by atoms with E-state index in [1.165, 1.54) is 27.4 Å². The molecule has 0 aliphatic carbocycles. The number of rotatable bonds is 6. The first-order valence-electron chi connectivity index (χ1n) is 11.0. The van der Waals surface area contributed by atoms with Gasteiger partial charge in [-0.3, -0.25) is 4.79 Å². The number of tetrazole rings is 1. The second kappa shape index (κ2) is 9.39. The molecule has 2 aromatic carbocycles. The number of carbonyl (C=O) groups is 1. The Balaban J connectivity index is 1.28. The molecule has 0 unspecified atom stereocenters. The molecule has 1 fully saturated rings. The van der Waals surface area contributed by atoms with Gasteiger partial charge < -0.3 is 14.4 Å². The smallest absolute Gasteiger partial charge is 0.248 e. The minimum Gasteiger partial charge on any atom is -0.486 e. The summed E-state index contributed by atoms with van der Waals surface area (Å²) in [5.41, 5.74) is 0.983. The monoisotopic (exact) mass is 484 g/mol. The molecule has 5 rings (SSSR count). The fourth-order valence-corrected chi connectivity index (χ4v) is 5.57. The van der Waals surface area contributed by atoms with Crippen molar-refractivity contribution in [1.29, 1.82) is 0 Å². The Hall–Kier alpha value is -3.51. The number of aromatic nitrogens is 4. The average Bonchev–Trinajstić information content (AvgIpc) is 3.42. The number of ether oxygens (including phenoxy) is 2. The van der Waals surface area contributed by atoms with Gasteiger partial charge in [-0.1, -0.05) is 30.3 Å². The maximum absolute atomic E-state index is 13.4. The maximum atomic E-state index is 13.4. The van der Waals surface area contributed by atoms with Crippen molar-refractivity contribution in [1.82, 2.24) is 29.4 Å². The maximum Gasteiger partial charge on any atom is 0.248 e. The molecule has 1 amide bonds. The number of carbonyl (C=O) groups excluding carboxylic acids is 1. The molecule has 0 N–H and O–H groups in total. The molecule has 0 radical (unpaired) electrons. The van der Waals surface area contributed by atoms with Crippen LogP contribution >= 0.6 is 0 Å². The molecule has 0 spiro atoms. The molecule has 1 saturated heterocycles. The van der Waals surface area contributed by atoms with Gasteiger partial charge in [0.05, 0.1) is 4.90 Å². The van der Waals surface area contributed by atoms with E-state index in [0.29, 0.717) is 31.1 Å². The highest BCUT2D eigenvalue weighted by Crippen LogP contribution is 2.33. The molecule has 178 valence electrons. The predicted octanol–water partition coefficient (Wildman–Crippen LogP) is 0.761. The molecule has 11 nitrogen and oxygen atoms in total. The SMILES string of the molecule is O=C([C@@H](Cc1ccccc1)n1cnnn1)N1CCN(S(=O)(=O)c2ccc3c(c2)OCCO3)CC1. The lowest BCUT2D eigenvalue weighted by atomic mass is 10.0. The predicted molar refractivity (Wildman–Crippen MR) is 120 cm³/mol. The minimum atomic E-state index is -3.73. The van der Waals surface area contributed by atoms with Crippen LogP contribution in [0.5, 0.6) is 11.5 Å².